The lowest BCUT2D eigenvalue weighted by atomic mass is 9.94. The van der Waals surface area contributed by atoms with Crippen LogP contribution in [0.5, 0.6) is 0 Å². The topological polar surface area (TPSA) is 29.5 Å². The van der Waals surface area contributed by atoms with E-state index in [9.17, 15) is 5.11 Å². The van der Waals surface area contributed by atoms with Gasteiger partial charge in [0.05, 0.1) is 12.7 Å². The Kier molecular flexibility index (Phi) is 9.42. The molecule has 0 aromatic carbocycles. The van der Waals surface area contributed by atoms with E-state index in [0.717, 1.165) is 25.9 Å². The van der Waals surface area contributed by atoms with Crippen molar-refractivity contribution < 1.29 is 9.84 Å². The summed E-state index contributed by atoms with van der Waals surface area (Å²) in [6, 6.07) is 0. The maximum Gasteiger partial charge on any atom is 0.0801 e. The molecule has 2 atom stereocenters. The summed E-state index contributed by atoms with van der Waals surface area (Å²) in [5.74, 6) is 0.423. The van der Waals surface area contributed by atoms with Crippen LogP contribution in [0.3, 0.4) is 0 Å². The Morgan fingerprint density at radius 2 is 1.86 bits per heavy atom. The number of aliphatic hydroxyl groups excluding tert-OH is 1. The molecule has 0 spiro atoms. The Labute approximate surface area is 88.7 Å². The molecular weight excluding hydrogens is 176 g/mol. The molecule has 0 saturated heterocycles. The van der Waals surface area contributed by atoms with Gasteiger partial charge in [-0.2, -0.15) is 0 Å². The van der Waals surface area contributed by atoms with Crippen molar-refractivity contribution in [3.8, 4) is 0 Å². The molecule has 0 saturated carbocycles. The largest absolute Gasteiger partial charge is 0.390 e. The van der Waals surface area contributed by atoms with E-state index in [2.05, 4.69) is 20.8 Å². The molecule has 0 radical (unpaired) electrons. The summed E-state index contributed by atoms with van der Waals surface area (Å²) >= 11 is 0. The van der Waals surface area contributed by atoms with Crippen LogP contribution in [-0.4, -0.2) is 24.4 Å². The van der Waals surface area contributed by atoms with Gasteiger partial charge in [-0.3, -0.25) is 0 Å². The van der Waals surface area contributed by atoms with Gasteiger partial charge in [0.15, 0.2) is 0 Å². The van der Waals surface area contributed by atoms with E-state index in [1.807, 2.05) is 0 Å². The highest BCUT2D eigenvalue weighted by atomic mass is 16.5. The van der Waals surface area contributed by atoms with Crippen molar-refractivity contribution in [1.29, 1.82) is 0 Å². The Bertz CT molecular complexity index is 115. The van der Waals surface area contributed by atoms with E-state index >= 15 is 0 Å². The summed E-state index contributed by atoms with van der Waals surface area (Å²) in [6.45, 7) is 7.69. The normalized spacial score (nSPS) is 15.4. The average molecular weight is 202 g/mol. The van der Waals surface area contributed by atoms with Crippen molar-refractivity contribution in [1.82, 2.24) is 0 Å². The summed E-state index contributed by atoms with van der Waals surface area (Å²) < 4.78 is 5.36. The molecule has 0 rings (SSSR count). The minimum absolute atomic E-state index is 0.266. The second-order valence-corrected chi connectivity index (χ2v) is 3.95. The quantitative estimate of drug-likeness (QED) is 0.582. The molecule has 0 aliphatic rings. The first kappa shape index (κ1) is 13.9. The van der Waals surface area contributed by atoms with Crippen molar-refractivity contribution >= 4 is 0 Å². The van der Waals surface area contributed by atoms with Gasteiger partial charge in [0.1, 0.15) is 0 Å². The van der Waals surface area contributed by atoms with Crippen LogP contribution < -0.4 is 0 Å². The van der Waals surface area contributed by atoms with Gasteiger partial charge in [-0.1, -0.05) is 40.0 Å². The third-order valence-electron chi connectivity index (χ3n) is 2.63. The fraction of sp³-hybridized carbons (Fsp3) is 1.00. The molecule has 0 amide bonds. The van der Waals surface area contributed by atoms with Crippen molar-refractivity contribution in [2.24, 2.45) is 5.92 Å². The maximum atomic E-state index is 9.84. The van der Waals surface area contributed by atoms with Crippen LogP contribution in [0.1, 0.15) is 52.9 Å². The smallest absolute Gasteiger partial charge is 0.0801 e. The van der Waals surface area contributed by atoms with Gasteiger partial charge >= 0.3 is 0 Å². The number of hydrogen-bond acceptors (Lipinski definition) is 2. The Hall–Kier alpha value is -0.0800. The first-order valence-corrected chi connectivity index (χ1v) is 6.01. The summed E-state index contributed by atoms with van der Waals surface area (Å²) in [4.78, 5) is 0. The lowest BCUT2D eigenvalue weighted by Crippen LogP contribution is -2.25. The van der Waals surface area contributed by atoms with Crippen LogP contribution in [0, 0.1) is 5.92 Å². The second-order valence-electron chi connectivity index (χ2n) is 3.95. The summed E-state index contributed by atoms with van der Waals surface area (Å²) in [6.07, 6.45) is 5.36. The molecule has 0 aliphatic heterocycles. The molecule has 1 N–H and O–H groups in total. The van der Waals surface area contributed by atoms with Crippen LogP contribution in [-0.2, 0) is 4.74 Å². The third-order valence-corrected chi connectivity index (χ3v) is 2.63. The molecule has 0 heterocycles. The predicted molar refractivity (Wildman–Crippen MR) is 60.4 cm³/mol. The highest BCUT2D eigenvalue weighted by Gasteiger charge is 2.16. The SMILES string of the molecule is CCCCC(CC)C(O)COCCC. The lowest BCUT2D eigenvalue weighted by Gasteiger charge is -2.21. The van der Waals surface area contributed by atoms with Crippen molar-refractivity contribution in [2.75, 3.05) is 13.2 Å². The molecule has 0 aromatic heterocycles. The summed E-state index contributed by atoms with van der Waals surface area (Å²) in [5, 5.41) is 9.84. The number of rotatable bonds is 9. The highest BCUT2D eigenvalue weighted by Crippen LogP contribution is 2.17. The van der Waals surface area contributed by atoms with E-state index in [-0.39, 0.29) is 6.10 Å². The standard InChI is InChI=1S/C12H26O2/c1-4-7-8-11(6-3)12(13)10-14-9-5-2/h11-13H,4-10H2,1-3H3. The monoisotopic (exact) mass is 202 g/mol. The molecule has 0 fully saturated rings. The van der Waals surface area contributed by atoms with Gasteiger partial charge in [0, 0.05) is 6.61 Å². The van der Waals surface area contributed by atoms with E-state index in [0.29, 0.717) is 12.5 Å². The van der Waals surface area contributed by atoms with Gasteiger partial charge in [-0.05, 0) is 18.8 Å². The number of unbranched alkanes of at least 4 members (excludes halogenated alkanes) is 1. The van der Waals surface area contributed by atoms with Crippen LogP contribution in [0.4, 0.5) is 0 Å². The zero-order chi connectivity index (χ0) is 10.8. The highest BCUT2D eigenvalue weighted by molar-refractivity contribution is 4.67. The van der Waals surface area contributed by atoms with Crippen LogP contribution in [0.25, 0.3) is 0 Å². The first-order valence-electron chi connectivity index (χ1n) is 6.01. The predicted octanol–water partition coefficient (Wildman–Crippen LogP) is 2.99. The third kappa shape index (κ3) is 6.39. The zero-order valence-corrected chi connectivity index (χ0v) is 9.96. The minimum Gasteiger partial charge on any atom is -0.390 e. The Morgan fingerprint density at radius 3 is 2.36 bits per heavy atom. The van der Waals surface area contributed by atoms with E-state index < -0.39 is 0 Å². The fourth-order valence-electron chi connectivity index (χ4n) is 1.62. The first-order chi connectivity index (χ1) is 6.76. The van der Waals surface area contributed by atoms with E-state index in [1.54, 1.807) is 0 Å². The fourth-order valence-corrected chi connectivity index (χ4v) is 1.62. The Morgan fingerprint density at radius 1 is 1.14 bits per heavy atom. The molecule has 0 aliphatic carbocycles. The van der Waals surface area contributed by atoms with Crippen LogP contribution in [0.15, 0.2) is 0 Å². The number of hydrogen-bond donors (Lipinski definition) is 1. The summed E-state index contributed by atoms with van der Waals surface area (Å²) in [5.41, 5.74) is 0. The molecule has 0 aromatic rings. The summed E-state index contributed by atoms with van der Waals surface area (Å²) in [7, 11) is 0. The molecular formula is C12H26O2. The van der Waals surface area contributed by atoms with Crippen molar-refractivity contribution in [3.05, 3.63) is 0 Å². The Balaban J connectivity index is 3.61. The molecule has 86 valence electrons. The van der Waals surface area contributed by atoms with Crippen LogP contribution in [0.2, 0.25) is 0 Å². The van der Waals surface area contributed by atoms with E-state index in [4.69, 9.17) is 4.74 Å². The number of ether oxygens (including phenoxy) is 1. The zero-order valence-electron chi connectivity index (χ0n) is 9.96. The molecule has 0 bridgehead atoms. The molecule has 2 nitrogen and oxygen atoms in total. The van der Waals surface area contributed by atoms with Gasteiger partial charge in [-0.15, -0.1) is 0 Å². The van der Waals surface area contributed by atoms with Crippen molar-refractivity contribution in [2.45, 2.75) is 59.0 Å². The van der Waals surface area contributed by atoms with Gasteiger partial charge in [-0.25, -0.2) is 0 Å². The van der Waals surface area contributed by atoms with Gasteiger partial charge < -0.3 is 9.84 Å². The second kappa shape index (κ2) is 9.47. The molecule has 2 heteroatoms. The number of aliphatic hydroxyl groups is 1. The molecule has 2 unspecified atom stereocenters. The lowest BCUT2D eigenvalue weighted by molar-refractivity contribution is 0.00117. The van der Waals surface area contributed by atoms with Gasteiger partial charge in [0.25, 0.3) is 0 Å². The van der Waals surface area contributed by atoms with Crippen LogP contribution >= 0.6 is 0 Å². The van der Waals surface area contributed by atoms with Crippen molar-refractivity contribution in [3.63, 3.8) is 0 Å². The average Bonchev–Trinajstić information content (AvgIpc) is 2.19. The maximum absolute atomic E-state index is 9.84. The van der Waals surface area contributed by atoms with E-state index in [1.165, 1.54) is 12.8 Å². The molecule has 14 heavy (non-hydrogen) atoms. The van der Waals surface area contributed by atoms with Gasteiger partial charge in [0.2, 0.25) is 0 Å². The minimum atomic E-state index is -0.266.